The molecule has 1 heterocycles. The van der Waals surface area contributed by atoms with Crippen molar-refractivity contribution in [2.45, 2.75) is 51.1 Å². The molecule has 0 bridgehead atoms. The van der Waals surface area contributed by atoms with Gasteiger partial charge in [-0.15, -0.1) is 0 Å². The minimum Gasteiger partial charge on any atom is -0.353 e. The Morgan fingerprint density at radius 3 is 2.79 bits per heavy atom. The molecule has 19 heavy (non-hydrogen) atoms. The van der Waals surface area contributed by atoms with Crippen LogP contribution in [0.5, 0.6) is 0 Å². The van der Waals surface area contributed by atoms with E-state index in [-0.39, 0.29) is 0 Å². The highest BCUT2D eigenvalue weighted by molar-refractivity contribution is 5.05. The standard InChI is InChI=1S/C16H29N3/c1-18(15-8-4-3-5-9-15)13-7-11-17-14-16-10-6-12-19(16)2/h6,10,12,15,17H,3-5,7-9,11,13-14H2,1-2H3. The van der Waals surface area contributed by atoms with Crippen molar-refractivity contribution < 1.29 is 0 Å². The molecule has 1 N–H and O–H groups in total. The van der Waals surface area contributed by atoms with E-state index in [4.69, 9.17) is 0 Å². The summed E-state index contributed by atoms with van der Waals surface area (Å²) in [5.74, 6) is 0. The van der Waals surface area contributed by atoms with E-state index in [0.717, 1.165) is 19.1 Å². The van der Waals surface area contributed by atoms with Crippen LogP contribution < -0.4 is 5.32 Å². The molecule has 1 saturated carbocycles. The van der Waals surface area contributed by atoms with Crippen LogP contribution in [0.25, 0.3) is 0 Å². The molecule has 0 aromatic carbocycles. The third kappa shape index (κ3) is 4.66. The first kappa shape index (κ1) is 14.6. The predicted molar refractivity (Wildman–Crippen MR) is 81.2 cm³/mol. The first-order valence-corrected chi connectivity index (χ1v) is 7.78. The summed E-state index contributed by atoms with van der Waals surface area (Å²) in [7, 11) is 4.40. The zero-order valence-electron chi connectivity index (χ0n) is 12.6. The molecule has 108 valence electrons. The van der Waals surface area contributed by atoms with Gasteiger partial charge in [0.1, 0.15) is 0 Å². The Hall–Kier alpha value is -0.800. The molecule has 2 rings (SSSR count). The number of hydrogen-bond acceptors (Lipinski definition) is 2. The number of aromatic nitrogens is 1. The zero-order chi connectivity index (χ0) is 13.5. The van der Waals surface area contributed by atoms with Gasteiger partial charge in [0.15, 0.2) is 0 Å². The highest BCUT2D eigenvalue weighted by Crippen LogP contribution is 2.21. The third-order valence-corrected chi connectivity index (χ3v) is 4.42. The van der Waals surface area contributed by atoms with Crippen molar-refractivity contribution >= 4 is 0 Å². The molecule has 1 aromatic rings. The smallest absolute Gasteiger partial charge is 0.0359 e. The fourth-order valence-corrected chi connectivity index (χ4v) is 3.05. The summed E-state index contributed by atoms with van der Waals surface area (Å²) in [6.07, 6.45) is 10.5. The molecule has 0 aliphatic heterocycles. The molecule has 1 aromatic heterocycles. The molecule has 1 fully saturated rings. The second-order valence-corrected chi connectivity index (χ2v) is 5.91. The van der Waals surface area contributed by atoms with Gasteiger partial charge in [-0.1, -0.05) is 19.3 Å². The van der Waals surface area contributed by atoms with Gasteiger partial charge in [0.25, 0.3) is 0 Å². The van der Waals surface area contributed by atoms with Crippen molar-refractivity contribution in [3.63, 3.8) is 0 Å². The van der Waals surface area contributed by atoms with Gasteiger partial charge in [-0.05, 0) is 51.5 Å². The van der Waals surface area contributed by atoms with E-state index < -0.39 is 0 Å². The second-order valence-electron chi connectivity index (χ2n) is 5.91. The summed E-state index contributed by atoms with van der Waals surface area (Å²) in [5, 5.41) is 3.54. The van der Waals surface area contributed by atoms with Gasteiger partial charge in [0.05, 0.1) is 0 Å². The number of hydrogen-bond donors (Lipinski definition) is 1. The molecule has 0 atom stereocenters. The van der Waals surface area contributed by atoms with Crippen molar-refractivity contribution in [1.29, 1.82) is 0 Å². The molecule has 0 radical (unpaired) electrons. The highest BCUT2D eigenvalue weighted by Gasteiger charge is 2.16. The Balaban J connectivity index is 1.55. The summed E-state index contributed by atoms with van der Waals surface area (Å²) < 4.78 is 2.18. The van der Waals surface area contributed by atoms with E-state index in [1.807, 2.05) is 0 Å². The van der Waals surface area contributed by atoms with Crippen LogP contribution in [0.3, 0.4) is 0 Å². The number of nitrogens with zero attached hydrogens (tertiary/aromatic N) is 2. The maximum atomic E-state index is 3.54. The fraction of sp³-hybridized carbons (Fsp3) is 0.750. The lowest BCUT2D eigenvalue weighted by Crippen LogP contribution is -2.35. The van der Waals surface area contributed by atoms with E-state index >= 15 is 0 Å². The van der Waals surface area contributed by atoms with E-state index in [9.17, 15) is 0 Å². The fourth-order valence-electron chi connectivity index (χ4n) is 3.05. The van der Waals surface area contributed by atoms with Gasteiger partial charge < -0.3 is 14.8 Å². The summed E-state index contributed by atoms with van der Waals surface area (Å²) >= 11 is 0. The maximum Gasteiger partial charge on any atom is 0.0359 e. The van der Waals surface area contributed by atoms with Gasteiger partial charge in [-0.3, -0.25) is 0 Å². The van der Waals surface area contributed by atoms with Crippen molar-refractivity contribution in [2.75, 3.05) is 20.1 Å². The van der Waals surface area contributed by atoms with Gasteiger partial charge in [-0.2, -0.15) is 0 Å². The van der Waals surface area contributed by atoms with Gasteiger partial charge in [-0.25, -0.2) is 0 Å². The van der Waals surface area contributed by atoms with Crippen LogP contribution in [-0.2, 0) is 13.6 Å². The SMILES string of the molecule is CN(CCCNCc1cccn1C)C1CCCCC1. The van der Waals surface area contributed by atoms with E-state index in [2.05, 4.69) is 47.2 Å². The molecular formula is C16H29N3. The van der Waals surface area contributed by atoms with E-state index in [1.165, 1.54) is 50.8 Å². The molecule has 0 amide bonds. The van der Waals surface area contributed by atoms with Crippen molar-refractivity contribution in [2.24, 2.45) is 7.05 Å². The molecule has 3 heteroatoms. The maximum absolute atomic E-state index is 3.54. The molecule has 1 aliphatic rings. The van der Waals surface area contributed by atoms with E-state index in [0.29, 0.717) is 0 Å². The van der Waals surface area contributed by atoms with Gasteiger partial charge in [0.2, 0.25) is 0 Å². The number of nitrogens with one attached hydrogen (secondary N) is 1. The van der Waals surface area contributed by atoms with Crippen molar-refractivity contribution in [3.05, 3.63) is 24.0 Å². The first-order valence-electron chi connectivity index (χ1n) is 7.78. The summed E-state index contributed by atoms with van der Waals surface area (Å²) in [4.78, 5) is 2.57. The third-order valence-electron chi connectivity index (χ3n) is 4.42. The van der Waals surface area contributed by atoms with Crippen LogP contribution in [0.2, 0.25) is 0 Å². The van der Waals surface area contributed by atoms with Crippen LogP contribution in [-0.4, -0.2) is 35.6 Å². The molecule has 0 spiro atoms. The van der Waals surface area contributed by atoms with Crippen LogP contribution in [0.1, 0.15) is 44.2 Å². The van der Waals surface area contributed by atoms with Crippen LogP contribution >= 0.6 is 0 Å². The highest BCUT2D eigenvalue weighted by atomic mass is 15.1. The first-order chi connectivity index (χ1) is 9.27. The normalized spacial score (nSPS) is 17.2. The lowest BCUT2D eigenvalue weighted by atomic mass is 9.94. The lowest BCUT2D eigenvalue weighted by molar-refractivity contribution is 0.189. The monoisotopic (exact) mass is 263 g/mol. The van der Waals surface area contributed by atoms with Crippen molar-refractivity contribution in [3.8, 4) is 0 Å². The molecular weight excluding hydrogens is 234 g/mol. The Kier molecular flexibility index (Phi) is 5.93. The molecule has 0 unspecified atom stereocenters. The second kappa shape index (κ2) is 7.71. The van der Waals surface area contributed by atoms with E-state index in [1.54, 1.807) is 0 Å². The minimum absolute atomic E-state index is 0.849. The van der Waals surface area contributed by atoms with Gasteiger partial charge in [0, 0.05) is 31.5 Å². The largest absolute Gasteiger partial charge is 0.353 e. The predicted octanol–water partition coefficient (Wildman–Crippen LogP) is 2.77. The Bertz CT molecular complexity index is 353. The summed E-state index contributed by atoms with van der Waals surface area (Å²) in [6.45, 7) is 3.32. The van der Waals surface area contributed by atoms with Gasteiger partial charge >= 0.3 is 0 Å². The Morgan fingerprint density at radius 2 is 2.11 bits per heavy atom. The molecule has 0 saturated heterocycles. The quantitative estimate of drug-likeness (QED) is 0.763. The number of rotatable bonds is 7. The molecule has 3 nitrogen and oxygen atoms in total. The summed E-state index contributed by atoms with van der Waals surface area (Å²) in [5.41, 5.74) is 1.36. The Labute approximate surface area is 118 Å². The molecule has 1 aliphatic carbocycles. The van der Waals surface area contributed by atoms with Crippen LogP contribution in [0.4, 0.5) is 0 Å². The lowest BCUT2D eigenvalue weighted by Gasteiger charge is -2.31. The average molecular weight is 263 g/mol. The van der Waals surface area contributed by atoms with Crippen LogP contribution in [0, 0.1) is 0 Å². The summed E-state index contributed by atoms with van der Waals surface area (Å²) in [6, 6.07) is 5.14. The minimum atomic E-state index is 0.849. The van der Waals surface area contributed by atoms with Crippen molar-refractivity contribution in [1.82, 2.24) is 14.8 Å². The Morgan fingerprint density at radius 1 is 1.32 bits per heavy atom. The topological polar surface area (TPSA) is 20.2 Å². The number of aryl methyl sites for hydroxylation is 1. The average Bonchev–Trinajstić information content (AvgIpc) is 2.85. The van der Waals surface area contributed by atoms with Crippen LogP contribution in [0.15, 0.2) is 18.3 Å². The zero-order valence-corrected chi connectivity index (χ0v) is 12.6.